The Balaban J connectivity index is 1.99. The summed E-state index contributed by atoms with van der Waals surface area (Å²) in [5.41, 5.74) is 1.40. The molecular weight excluding hydrogens is 396 g/mol. The third-order valence-electron chi connectivity index (χ3n) is 4.78. The Morgan fingerprint density at radius 1 is 1.04 bits per heavy atom. The van der Waals surface area contributed by atoms with Crippen molar-refractivity contribution in [1.82, 2.24) is 9.47 Å². The zero-order valence-corrected chi connectivity index (χ0v) is 17.5. The number of benzene rings is 2. The third kappa shape index (κ3) is 4.23. The van der Waals surface area contributed by atoms with E-state index < -0.39 is 9.84 Å². The van der Waals surface area contributed by atoms with Gasteiger partial charge in [-0.3, -0.25) is 4.79 Å². The van der Waals surface area contributed by atoms with Gasteiger partial charge in [0.05, 0.1) is 10.6 Å². The number of likely N-dealkylation sites (N-methyl/N-ethyl adjacent to an activating group) is 1. The van der Waals surface area contributed by atoms with Crippen molar-refractivity contribution in [3.05, 3.63) is 65.3 Å². The molecule has 0 spiro atoms. The van der Waals surface area contributed by atoms with Crippen molar-refractivity contribution < 1.29 is 13.2 Å². The number of nitrogens with zero attached hydrogens (tertiary/aromatic N) is 2. The van der Waals surface area contributed by atoms with Gasteiger partial charge < -0.3 is 9.47 Å². The minimum absolute atomic E-state index is 0.0348. The van der Waals surface area contributed by atoms with Crippen LogP contribution in [-0.4, -0.2) is 36.9 Å². The van der Waals surface area contributed by atoms with E-state index in [1.165, 1.54) is 0 Å². The number of sulfone groups is 1. The van der Waals surface area contributed by atoms with Crippen molar-refractivity contribution >= 4 is 38.2 Å². The van der Waals surface area contributed by atoms with Gasteiger partial charge in [-0.2, -0.15) is 0 Å². The molecule has 0 aliphatic carbocycles. The standard InChI is InChI=1S/C21H23ClN2O3S/c1-3-23(4-2)21(25)14-24-13-20(18-7-5-6-8-19(18)24)28(26,27)15-16-9-11-17(22)12-10-16/h5-13H,3-4,14-15H2,1-2H3. The van der Waals surface area contributed by atoms with Gasteiger partial charge in [0, 0.05) is 35.2 Å². The summed E-state index contributed by atoms with van der Waals surface area (Å²) in [6.07, 6.45) is 1.58. The second-order valence-electron chi connectivity index (χ2n) is 6.59. The molecule has 0 unspecified atom stereocenters. The molecule has 0 saturated carbocycles. The number of hydrogen-bond donors (Lipinski definition) is 0. The lowest BCUT2D eigenvalue weighted by Crippen LogP contribution is -2.33. The lowest BCUT2D eigenvalue weighted by atomic mass is 10.2. The Labute approximate surface area is 170 Å². The predicted octanol–water partition coefficient (Wildman–Crippen LogP) is 4.14. The molecule has 0 atom stereocenters. The first kappa shape index (κ1) is 20.4. The molecule has 0 radical (unpaired) electrons. The lowest BCUT2D eigenvalue weighted by Gasteiger charge is -2.19. The van der Waals surface area contributed by atoms with Crippen LogP contribution < -0.4 is 0 Å². The van der Waals surface area contributed by atoms with Crippen LogP contribution in [0.4, 0.5) is 0 Å². The highest BCUT2D eigenvalue weighted by atomic mass is 35.5. The van der Waals surface area contributed by atoms with Crippen LogP contribution in [0.3, 0.4) is 0 Å². The number of carbonyl (C=O) groups is 1. The van der Waals surface area contributed by atoms with Crippen LogP contribution in [0.1, 0.15) is 19.4 Å². The SMILES string of the molecule is CCN(CC)C(=O)Cn1cc(S(=O)(=O)Cc2ccc(Cl)cc2)c2ccccc21. The van der Waals surface area contributed by atoms with E-state index in [-0.39, 0.29) is 23.1 Å². The minimum atomic E-state index is -3.59. The van der Waals surface area contributed by atoms with Crippen molar-refractivity contribution in [2.24, 2.45) is 0 Å². The van der Waals surface area contributed by atoms with E-state index in [1.807, 2.05) is 26.0 Å². The van der Waals surface area contributed by atoms with Gasteiger partial charge in [0.2, 0.25) is 5.91 Å². The van der Waals surface area contributed by atoms with E-state index >= 15 is 0 Å². The topological polar surface area (TPSA) is 59.4 Å². The molecule has 3 aromatic rings. The molecule has 0 N–H and O–H groups in total. The van der Waals surface area contributed by atoms with Crippen LogP contribution in [0.5, 0.6) is 0 Å². The van der Waals surface area contributed by atoms with Crippen LogP contribution in [0.25, 0.3) is 10.9 Å². The van der Waals surface area contributed by atoms with E-state index in [9.17, 15) is 13.2 Å². The number of fused-ring (bicyclic) bond motifs is 1. The summed E-state index contributed by atoms with van der Waals surface area (Å²) >= 11 is 5.89. The van der Waals surface area contributed by atoms with Gasteiger partial charge in [0.15, 0.2) is 9.84 Å². The number of aromatic nitrogens is 1. The quantitative estimate of drug-likeness (QED) is 0.579. The zero-order chi connectivity index (χ0) is 20.3. The summed E-state index contributed by atoms with van der Waals surface area (Å²) in [5, 5.41) is 1.19. The molecule has 5 nitrogen and oxygen atoms in total. The summed E-state index contributed by atoms with van der Waals surface area (Å²) < 4.78 is 27.9. The fourth-order valence-corrected chi connectivity index (χ4v) is 5.00. The molecule has 0 bridgehead atoms. The van der Waals surface area contributed by atoms with Gasteiger partial charge >= 0.3 is 0 Å². The smallest absolute Gasteiger partial charge is 0.242 e. The molecule has 1 amide bonds. The average Bonchev–Trinajstić information content (AvgIpc) is 3.04. The van der Waals surface area contributed by atoms with E-state index in [4.69, 9.17) is 11.6 Å². The first-order valence-corrected chi connectivity index (χ1v) is 11.2. The fraction of sp³-hybridized carbons (Fsp3) is 0.286. The van der Waals surface area contributed by atoms with Crippen molar-refractivity contribution in [2.45, 2.75) is 31.0 Å². The van der Waals surface area contributed by atoms with Gasteiger partial charge in [0.25, 0.3) is 0 Å². The number of hydrogen-bond acceptors (Lipinski definition) is 3. The van der Waals surface area contributed by atoms with Gasteiger partial charge in [-0.25, -0.2) is 8.42 Å². The Morgan fingerprint density at radius 3 is 2.32 bits per heavy atom. The summed E-state index contributed by atoms with van der Waals surface area (Å²) in [6, 6.07) is 14.0. The summed E-state index contributed by atoms with van der Waals surface area (Å²) in [4.78, 5) is 14.5. The monoisotopic (exact) mass is 418 g/mol. The van der Waals surface area contributed by atoms with E-state index in [0.29, 0.717) is 29.1 Å². The van der Waals surface area contributed by atoms with Crippen LogP contribution >= 0.6 is 11.6 Å². The van der Waals surface area contributed by atoms with E-state index in [0.717, 1.165) is 5.52 Å². The molecule has 1 heterocycles. The summed E-state index contributed by atoms with van der Waals surface area (Å²) in [5.74, 6) is -0.158. The van der Waals surface area contributed by atoms with E-state index in [1.54, 1.807) is 52.1 Å². The van der Waals surface area contributed by atoms with Crippen molar-refractivity contribution in [2.75, 3.05) is 13.1 Å². The first-order valence-electron chi connectivity index (χ1n) is 9.18. The number of halogens is 1. The molecule has 0 aliphatic heterocycles. The minimum Gasteiger partial charge on any atom is -0.342 e. The van der Waals surface area contributed by atoms with Gasteiger partial charge in [-0.05, 0) is 37.6 Å². The molecule has 1 aromatic heterocycles. The molecule has 2 aromatic carbocycles. The van der Waals surface area contributed by atoms with Gasteiger partial charge in [-0.15, -0.1) is 0 Å². The van der Waals surface area contributed by atoms with Crippen LogP contribution in [0.2, 0.25) is 5.02 Å². The molecule has 3 rings (SSSR count). The van der Waals surface area contributed by atoms with Crippen molar-refractivity contribution in [3.8, 4) is 0 Å². The Bertz CT molecular complexity index is 1080. The second-order valence-corrected chi connectivity index (χ2v) is 8.98. The second kappa shape index (κ2) is 8.37. The van der Waals surface area contributed by atoms with Gasteiger partial charge in [0.1, 0.15) is 6.54 Å². The normalized spacial score (nSPS) is 11.7. The van der Waals surface area contributed by atoms with Crippen LogP contribution in [-0.2, 0) is 26.9 Å². The molecule has 0 saturated heterocycles. The third-order valence-corrected chi connectivity index (χ3v) is 6.74. The Kier molecular flexibility index (Phi) is 6.10. The predicted molar refractivity (Wildman–Crippen MR) is 112 cm³/mol. The maximum absolute atomic E-state index is 13.1. The summed E-state index contributed by atoms with van der Waals surface area (Å²) in [6.45, 7) is 5.21. The molecule has 7 heteroatoms. The van der Waals surface area contributed by atoms with Gasteiger partial charge in [-0.1, -0.05) is 41.9 Å². The van der Waals surface area contributed by atoms with Crippen molar-refractivity contribution in [1.29, 1.82) is 0 Å². The highest BCUT2D eigenvalue weighted by Crippen LogP contribution is 2.28. The maximum Gasteiger partial charge on any atom is 0.242 e. The molecule has 0 aliphatic rings. The van der Waals surface area contributed by atoms with Crippen LogP contribution in [0, 0.1) is 0 Å². The summed E-state index contributed by atoms with van der Waals surface area (Å²) in [7, 11) is -3.59. The van der Waals surface area contributed by atoms with Crippen LogP contribution in [0.15, 0.2) is 59.6 Å². The molecule has 148 valence electrons. The number of rotatable bonds is 7. The maximum atomic E-state index is 13.1. The number of carbonyl (C=O) groups excluding carboxylic acids is 1. The molecular formula is C21H23ClN2O3S. The highest BCUT2D eigenvalue weighted by Gasteiger charge is 2.23. The first-order chi connectivity index (χ1) is 13.4. The zero-order valence-electron chi connectivity index (χ0n) is 15.9. The fourth-order valence-electron chi connectivity index (χ4n) is 3.29. The average molecular weight is 419 g/mol. The Hall–Kier alpha value is -2.31. The Morgan fingerprint density at radius 2 is 1.68 bits per heavy atom. The molecule has 0 fully saturated rings. The van der Waals surface area contributed by atoms with E-state index in [2.05, 4.69) is 0 Å². The lowest BCUT2D eigenvalue weighted by molar-refractivity contribution is -0.131. The number of amides is 1. The molecule has 28 heavy (non-hydrogen) atoms. The largest absolute Gasteiger partial charge is 0.342 e. The highest BCUT2D eigenvalue weighted by molar-refractivity contribution is 7.90. The van der Waals surface area contributed by atoms with Crippen molar-refractivity contribution in [3.63, 3.8) is 0 Å². The number of para-hydroxylation sites is 1.